The third kappa shape index (κ3) is 3.15. The topological polar surface area (TPSA) is 65.8 Å². The molecule has 1 saturated carbocycles. The Morgan fingerprint density at radius 3 is 2.89 bits per heavy atom. The van der Waals surface area contributed by atoms with E-state index >= 15 is 0 Å². The minimum Gasteiger partial charge on any atom is -0.249 e. The van der Waals surface area contributed by atoms with Crippen LogP contribution in [0.25, 0.3) is 0 Å². The Hall–Kier alpha value is -1.25. The van der Waals surface area contributed by atoms with Crippen molar-refractivity contribution in [1.82, 2.24) is 9.71 Å². The van der Waals surface area contributed by atoms with Gasteiger partial charge in [-0.15, -0.1) is 0 Å². The minimum atomic E-state index is -2.52. The fourth-order valence-electron chi connectivity index (χ4n) is 1.78. The van der Waals surface area contributed by atoms with Gasteiger partial charge < -0.3 is 0 Å². The maximum absolute atomic E-state index is 12.5. The summed E-state index contributed by atoms with van der Waals surface area (Å²) in [4.78, 5) is 4.77. The van der Waals surface area contributed by atoms with Crippen molar-refractivity contribution in [2.75, 3.05) is 6.26 Å². The van der Waals surface area contributed by atoms with E-state index in [-0.39, 0.29) is 0 Å². The molecule has 18 heavy (non-hydrogen) atoms. The summed E-state index contributed by atoms with van der Waals surface area (Å²) < 4.78 is 14.9. The van der Waals surface area contributed by atoms with Crippen LogP contribution < -0.4 is 4.72 Å². The smallest absolute Gasteiger partial charge is 0.188 e. The number of hydrogen-bond acceptors (Lipinski definition) is 3. The van der Waals surface area contributed by atoms with Crippen LogP contribution in [0.2, 0.25) is 5.15 Å². The standard InChI is InChI=1S/C12H14ClN3OS/c1-18(17,16-8-14)11(6-9-2-3-9)10-4-5-12(13)15-7-10/h4-5,7,9H,2-3,6H2,1H3,(H,16,17). The largest absolute Gasteiger partial charge is 0.249 e. The Bertz CT molecular complexity index is 593. The number of halogens is 1. The number of nitriles is 1. The van der Waals surface area contributed by atoms with Crippen LogP contribution in [0.1, 0.15) is 24.8 Å². The van der Waals surface area contributed by atoms with E-state index in [1.165, 1.54) is 0 Å². The predicted molar refractivity (Wildman–Crippen MR) is 73.5 cm³/mol. The fourth-order valence-corrected chi connectivity index (χ4v) is 3.31. The summed E-state index contributed by atoms with van der Waals surface area (Å²) in [6.07, 6.45) is 8.00. The molecule has 0 amide bonds. The van der Waals surface area contributed by atoms with Crippen LogP contribution in [-0.2, 0) is 9.71 Å². The van der Waals surface area contributed by atoms with E-state index in [4.69, 9.17) is 16.9 Å². The second kappa shape index (κ2) is 5.17. The van der Waals surface area contributed by atoms with Gasteiger partial charge in [-0.2, -0.15) is 5.26 Å². The number of rotatable bonds is 4. The lowest BCUT2D eigenvalue weighted by Crippen LogP contribution is -2.26. The monoisotopic (exact) mass is 283 g/mol. The maximum Gasteiger partial charge on any atom is 0.188 e. The summed E-state index contributed by atoms with van der Waals surface area (Å²) in [7, 11) is -2.52. The first kappa shape index (κ1) is 13.2. The lowest BCUT2D eigenvalue weighted by atomic mass is 10.1. The zero-order valence-corrected chi connectivity index (χ0v) is 11.6. The molecule has 1 atom stereocenters. The highest BCUT2D eigenvalue weighted by molar-refractivity contribution is 8.00. The second-order valence-electron chi connectivity index (χ2n) is 4.50. The van der Waals surface area contributed by atoms with Crippen molar-refractivity contribution in [3.8, 4) is 6.19 Å². The van der Waals surface area contributed by atoms with Crippen molar-refractivity contribution >= 4 is 26.2 Å². The molecule has 0 aromatic carbocycles. The maximum atomic E-state index is 12.5. The number of hydrogen-bond donors (Lipinski definition) is 1. The number of pyridine rings is 1. The van der Waals surface area contributed by atoms with Gasteiger partial charge in [-0.1, -0.05) is 11.6 Å². The predicted octanol–water partition coefficient (Wildman–Crippen LogP) is 1.96. The molecule has 1 heterocycles. The Morgan fingerprint density at radius 2 is 2.39 bits per heavy atom. The molecule has 96 valence electrons. The Balaban J connectivity index is 2.45. The Kier molecular flexibility index (Phi) is 3.79. The summed E-state index contributed by atoms with van der Waals surface area (Å²) in [5.41, 5.74) is 0.793. The van der Waals surface area contributed by atoms with E-state index < -0.39 is 9.71 Å². The number of aromatic nitrogens is 1. The van der Waals surface area contributed by atoms with Gasteiger partial charge in [0.1, 0.15) is 5.15 Å². The first-order chi connectivity index (χ1) is 8.53. The molecule has 0 spiro atoms. The molecule has 1 N–H and O–H groups in total. The Morgan fingerprint density at radius 1 is 1.67 bits per heavy atom. The molecule has 1 unspecified atom stereocenters. The minimum absolute atomic E-state index is 0.403. The van der Waals surface area contributed by atoms with Gasteiger partial charge in [-0.3, -0.25) is 0 Å². The summed E-state index contributed by atoms with van der Waals surface area (Å²) in [5.74, 6) is 0.581. The van der Waals surface area contributed by atoms with E-state index in [0.29, 0.717) is 11.1 Å². The average Bonchev–Trinajstić information content (AvgIpc) is 3.11. The van der Waals surface area contributed by atoms with Crippen LogP contribution in [0.3, 0.4) is 0 Å². The van der Waals surface area contributed by atoms with Crippen molar-refractivity contribution in [3.05, 3.63) is 29.0 Å². The van der Waals surface area contributed by atoms with Crippen LogP contribution in [0.4, 0.5) is 0 Å². The van der Waals surface area contributed by atoms with Crippen molar-refractivity contribution in [3.63, 3.8) is 0 Å². The van der Waals surface area contributed by atoms with E-state index in [2.05, 4.69) is 9.71 Å². The van der Waals surface area contributed by atoms with Crippen molar-refractivity contribution in [2.24, 2.45) is 5.92 Å². The van der Waals surface area contributed by atoms with Gasteiger partial charge in [-0.05, 0) is 37.3 Å². The van der Waals surface area contributed by atoms with E-state index in [1.807, 2.05) is 0 Å². The number of nitrogens with one attached hydrogen (secondary N) is 1. The fraction of sp³-hybridized carbons (Fsp3) is 0.417. The summed E-state index contributed by atoms with van der Waals surface area (Å²) in [6.45, 7) is 0. The third-order valence-electron chi connectivity index (χ3n) is 2.93. The molecule has 1 aliphatic rings. The molecule has 1 aromatic rings. The molecule has 2 rings (SSSR count). The summed E-state index contributed by atoms with van der Waals surface area (Å²) in [5, 5.41) is 9.10. The molecule has 0 aliphatic heterocycles. The van der Waals surface area contributed by atoms with Crippen LogP contribution in [0.5, 0.6) is 0 Å². The van der Waals surface area contributed by atoms with E-state index in [1.54, 1.807) is 30.8 Å². The van der Waals surface area contributed by atoms with Gasteiger partial charge in [0.25, 0.3) is 0 Å². The van der Waals surface area contributed by atoms with Crippen molar-refractivity contribution in [2.45, 2.75) is 19.3 Å². The highest BCUT2D eigenvalue weighted by atomic mass is 35.5. The molecule has 1 fully saturated rings. The zero-order chi connectivity index (χ0) is 13.2. The molecule has 1 aliphatic carbocycles. The molecular formula is C12H14ClN3OS. The van der Waals surface area contributed by atoms with Gasteiger partial charge in [0.2, 0.25) is 0 Å². The second-order valence-corrected chi connectivity index (χ2v) is 7.27. The van der Waals surface area contributed by atoms with Crippen LogP contribution in [0.15, 0.2) is 18.3 Å². The molecule has 1 aromatic heterocycles. The molecule has 4 nitrogen and oxygen atoms in total. The highest BCUT2D eigenvalue weighted by Gasteiger charge is 2.26. The van der Waals surface area contributed by atoms with Crippen molar-refractivity contribution < 1.29 is 4.21 Å². The zero-order valence-electron chi connectivity index (χ0n) is 10.0. The summed E-state index contributed by atoms with van der Waals surface area (Å²) >= 11 is 5.75. The van der Waals surface area contributed by atoms with Gasteiger partial charge in [0, 0.05) is 22.9 Å². The first-order valence-corrected chi connectivity index (χ1v) is 8.00. The van der Waals surface area contributed by atoms with E-state index in [9.17, 15) is 4.21 Å². The molecule has 0 bridgehead atoms. The van der Waals surface area contributed by atoms with Crippen LogP contribution in [0, 0.1) is 17.4 Å². The first-order valence-electron chi connectivity index (χ1n) is 5.66. The quantitative estimate of drug-likeness (QED) is 0.302. The average molecular weight is 284 g/mol. The lowest BCUT2D eigenvalue weighted by Gasteiger charge is -2.12. The molecule has 6 heteroatoms. The van der Waals surface area contributed by atoms with Crippen LogP contribution in [-0.4, -0.2) is 20.3 Å². The highest BCUT2D eigenvalue weighted by Crippen LogP contribution is 2.34. The SMILES string of the molecule is CS(=O)(NC#N)=C(CC1CC1)c1ccc(Cl)nc1. The van der Waals surface area contributed by atoms with Gasteiger partial charge in [0.05, 0.1) is 9.71 Å². The Labute approximate surface area is 112 Å². The van der Waals surface area contributed by atoms with Crippen LogP contribution >= 0.6 is 11.6 Å². The van der Waals surface area contributed by atoms with Gasteiger partial charge >= 0.3 is 0 Å². The molecule has 0 saturated heterocycles. The van der Waals surface area contributed by atoms with Gasteiger partial charge in [-0.25, -0.2) is 13.9 Å². The molecule has 0 radical (unpaired) electrons. The normalized spacial score (nSPS) is 17.6. The van der Waals surface area contributed by atoms with E-state index in [0.717, 1.165) is 29.7 Å². The van der Waals surface area contributed by atoms with Crippen molar-refractivity contribution in [1.29, 1.82) is 5.26 Å². The lowest BCUT2D eigenvalue weighted by molar-refractivity contribution is 0.681. The number of nitrogens with zero attached hydrogens (tertiary/aromatic N) is 2. The van der Waals surface area contributed by atoms with Gasteiger partial charge in [0.15, 0.2) is 6.19 Å². The summed E-state index contributed by atoms with van der Waals surface area (Å²) in [6, 6.07) is 3.47. The third-order valence-corrected chi connectivity index (χ3v) is 4.98. The molecular weight excluding hydrogens is 270 g/mol.